The van der Waals surface area contributed by atoms with Crippen molar-refractivity contribution in [2.45, 2.75) is 47.1 Å². The third-order valence-electron chi connectivity index (χ3n) is 4.05. The SMILES string of the molecule is CC(C)[C@H](NC(=O)C(C)(C)C)C(=O)N1CCc2ccccc21. The fourth-order valence-corrected chi connectivity index (χ4v) is 2.61. The van der Waals surface area contributed by atoms with E-state index in [0.717, 1.165) is 12.1 Å². The summed E-state index contributed by atoms with van der Waals surface area (Å²) in [5.74, 6) is -0.0591. The van der Waals surface area contributed by atoms with E-state index in [0.29, 0.717) is 6.54 Å². The van der Waals surface area contributed by atoms with Gasteiger partial charge in [0.05, 0.1) is 0 Å². The summed E-state index contributed by atoms with van der Waals surface area (Å²) >= 11 is 0. The number of fused-ring (bicyclic) bond motifs is 1. The maximum Gasteiger partial charge on any atom is 0.249 e. The van der Waals surface area contributed by atoms with Crippen molar-refractivity contribution in [1.82, 2.24) is 5.32 Å². The average molecular weight is 302 g/mol. The van der Waals surface area contributed by atoms with E-state index in [-0.39, 0.29) is 17.7 Å². The largest absolute Gasteiger partial charge is 0.344 e. The highest BCUT2D eigenvalue weighted by Gasteiger charge is 2.34. The van der Waals surface area contributed by atoms with Gasteiger partial charge in [0.1, 0.15) is 6.04 Å². The first-order valence-electron chi connectivity index (χ1n) is 7.92. The van der Waals surface area contributed by atoms with Crippen LogP contribution in [0.4, 0.5) is 5.69 Å². The Balaban J connectivity index is 2.20. The zero-order valence-electron chi connectivity index (χ0n) is 14.1. The number of para-hydroxylation sites is 1. The van der Waals surface area contributed by atoms with Crippen molar-refractivity contribution in [3.05, 3.63) is 29.8 Å². The molecule has 2 rings (SSSR count). The first kappa shape index (κ1) is 16.5. The van der Waals surface area contributed by atoms with Gasteiger partial charge in [-0.25, -0.2) is 0 Å². The second-order valence-corrected chi connectivity index (χ2v) is 7.31. The van der Waals surface area contributed by atoms with Crippen molar-refractivity contribution in [2.75, 3.05) is 11.4 Å². The minimum Gasteiger partial charge on any atom is -0.344 e. The Morgan fingerprint density at radius 3 is 2.41 bits per heavy atom. The predicted octanol–water partition coefficient (Wildman–Crippen LogP) is 2.76. The maximum absolute atomic E-state index is 12.9. The van der Waals surface area contributed by atoms with Gasteiger partial charge in [0, 0.05) is 17.6 Å². The van der Waals surface area contributed by atoms with Crippen molar-refractivity contribution in [1.29, 1.82) is 0 Å². The van der Waals surface area contributed by atoms with E-state index >= 15 is 0 Å². The van der Waals surface area contributed by atoms with E-state index in [9.17, 15) is 9.59 Å². The molecule has 1 aromatic carbocycles. The van der Waals surface area contributed by atoms with Gasteiger partial charge in [-0.1, -0.05) is 52.8 Å². The molecular weight excluding hydrogens is 276 g/mol. The number of anilines is 1. The molecule has 4 nitrogen and oxygen atoms in total. The molecule has 1 atom stereocenters. The van der Waals surface area contributed by atoms with Crippen LogP contribution in [0.1, 0.15) is 40.2 Å². The van der Waals surface area contributed by atoms with Crippen LogP contribution in [0, 0.1) is 11.3 Å². The summed E-state index contributed by atoms with van der Waals surface area (Å²) in [6.07, 6.45) is 0.875. The molecular formula is C18H26N2O2. The van der Waals surface area contributed by atoms with Crippen LogP contribution >= 0.6 is 0 Å². The van der Waals surface area contributed by atoms with Crippen molar-refractivity contribution in [3.8, 4) is 0 Å². The van der Waals surface area contributed by atoms with E-state index in [2.05, 4.69) is 11.4 Å². The van der Waals surface area contributed by atoms with E-state index in [1.165, 1.54) is 5.56 Å². The minimum absolute atomic E-state index is 0.0162. The second-order valence-electron chi connectivity index (χ2n) is 7.31. The number of amides is 2. The molecule has 0 unspecified atom stereocenters. The highest BCUT2D eigenvalue weighted by molar-refractivity contribution is 6.01. The van der Waals surface area contributed by atoms with Crippen molar-refractivity contribution in [2.24, 2.45) is 11.3 Å². The van der Waals surface area contributed by atoms with Gasteiger partial charge < -0.3 is 10.2 Å². The first-order chi connectivity index (χ1) is 10.2. The minimum atomic E-state index is -0.504. The van der Waals surface area contributed by atoms with Gasteiger partial charge in [0.2, 0.25) is 11.8 Å². The van der Waals surface area contributed by atoms with Gasteiger partial charge >= 0.3 is 0 Å². The molecule has 0 saturated carbocycles. The summed E-state index contributed by atoms with van der Waals surface area (Å²) in [4.78, 5) is 27.0. The van der Waals surface area contributed by atoms with E-state index in [1.54, 1.807) is 0 Å². The number of nitrogens with zero attached hydrogens (tertiary/aromatic N) is 1. The quantitative estimate of drug-likeness (QED) is 0.933. The molecule has 0 fully saturated rings. The van der Waals surface area contributed by atoms with Crippen LogP contribution in [-0.2, 0) is 16.0 Å². The second kappa shape index (κ2) is 6.11. The lowest BCUT2D eigenvalue weighted by atomic mass is 9.93. The van der Waals surface area contributed by atoms with Crippen LogP contribution in [0.2, 0.25) is 0 Å². The molecule has 1 aliphatic rings. The van der Waals surface area contributed by atoms with Gasteiger partial charge in [-0.15, -0.1) is 0 Å². The van der Waals surface area contributed by atoms with Crippen LogP contribution in [0.25, 0.3) is 0 Å². The monoisotopic (exact) mass is 302 g/mol. The van der Waals surface area contributed by atoms with Gasteiger partial charge in [-0.3, -0.25) is 9.59 Å². The lowest BCUT2D eigenvalue weighted by Gasteiger charge is -2.29. The molecule has 2 amide bonds. The standard InChI is InChI=1S/C18H26N2O2/c1-12(2)15(19-17(22)18(3,4)5)16(21)20-11-10-13-8-6-7-9-14(13)20/h6-9,12,15H,10-11H2,1-5H3,(H,19,22)/t15-/m0/s1. The molecule has 4 heteroatoms. The van der Waals surface area contributed by atoms with Crippen molar-refractivity contribution >= 4 is 17.5 Å². The third-order valence-corrected chi connectivity index (χ3v) is 4.05. The van der Waals surface area contributed by atoms with Crippen LogP contribution in [-0.4, -0.2) is 24.4 Å². The maximum atomic E-state index is 12.9. The predicted molar refractivity (Wildman–Crippen MR) is 88.7 cm³/mol. The third kappa shape index (κ3) is 3.32. The Labute approximate surface area is 132 Å². The number of carbonyl (C=O) groups is 2. The van der Waals surface area contributed by atoms with Gasteiger partial charge in [0.25, 0.3) is 0 Å². The Kier molecular flexibility index (Phi) is 4.59. The van der Waals surface area contributed by atoms with Crippen LogP contribution in [0.5, 0.6) is 0 Å². The zero-order chi connectivity index (χ0) is 16.5. The molecule has 1 heterocycles. The molecule has 0 saturated heterocycles. The molecule has 0 spiro atoms. The van der Waals surface area contributed by atoms with Gasteiger partial charge in [-0.05, 0) is 24.0 Å². The lowest BCUT2D eigenvalue weighted by molar-refractivity contribution is -0.133. The summed E-state index contributed by atoms with van der Waals surface area (Å²) in [5.41, 5.74) is 1.67. The lowest BCUT2D eigenvalue weighted by Crippen LogP contribution is -2.53. The summed E-state index contributed by atoms with van der Waals surface area (Å²) in [6.45, 7) is 10.2. The Morgan fingerprint density at radius 1 is 1.18 bits per heavy atom. The van der Waals surface area contributed by atoms with Crippen LogP contribution < -0.4 is 10.2 Å². The Morgan fingerprint density at radius 2 is 1.82 bits per heavy atom. The molecule has 0 radical (unpaired) electrons. The number of hydrogen-bond acceptors (Lipinski definition) is 2. The van der Waals surface area contributed by atoms with Gasteiger partial charge in [0.15, 0.2) is 0 Å². The van der Waals surface area contributed by atoms with Crippen LogP contribution in [0.15, 0.2) is 24.3 Å². The molecule has 120 valence electrons. The Hall–Kier alpha value is -1.84. The number of nitrogens with one attached hydrogen (secondary N) is 1. The normalized spacial score (nSPS) is 15.6. The number of rotatable bonds is 3. The summed E-state index contributed by atoms with van der Waals surface area (Å²) in [6, 6.07) is 7.48. The summed E-state index contributed by atoms with van der Waals surface area (Å²) in [7, 11) is 0. The smallest absolute Gasteiger partial charge is 0.249 e. The summed E-state index contributed by atoms with van der Waals surface area (Å²) in [5, 5.41) is 2.93. The molecule has 1 aromatic rings. The number of benzene rings is 1. The number of carbonyl (C=O) groups excluding carboxylic acids is 2. The summed E-state index contributed by atoms with van der Waals surface area (Å²) < 4.78 is 0. The van der Waals surface area contributed by atoms with E-state index in [1.807, 2.05) is 57.7 Å². The average Bonchev–Trinajstić information content (AvgIpc) is 2.86. The van der Waals surface area contributed by atoms with E-state index < -0.39 is 11.5 Å². The number of hydrogen-bond donors (Lipinski definition) is 1. The fourth-order valence-electron chi connectivity index (χ4n) is 2.61. The van der Waals surface area contributed by atoms with Crippen LogP contribution in [0.3, 0.4) is 0 Å². The fraction of sp³-hybridized carbons (Fsp3) is 0.556. The molecule has 0 bridgehead atoms. The molecule has 22 heavy (non-hydrogen) atoms. The molecule has 1 N–H and O–H groups in total. The van der Waals surface area contributed by atoms with E-state index in [4.69, 9.17) is 0 Å². The highest BCUT2D eigenvalue weighted by Crippen LogP contribution is 2.28. The zero-order valence-corrected chi connectivity index (χ0v) is 14.1. The van der Waals surface area contributed by atoms with Crippen molar-refractivity contribution in [3.63, 3.8) is 0 Å². The molecule has 0 aliphatic carbocycles. The molecule has 1 aliphatic heterocycles. The molecule has 0 aromatic heterocycles. The first-order valence-corrected chi connectivity index (χ1v) is 7.92. The highest BCUT2D eigenvalue weighted by atomic mass is 16.2. The topological polar surface area (TPSA) is 49.4 Å². The van der Waals surface area contributed by atoms with Gasteiger partial charge in [-0.2, -0.15) is 0 Å². The Bertz CT molecular complexity index is 573. The van der Waals surface area contributed by atoms with Crippen molar-refractivity contribution < 1.29 is 9.59 Å².